The lowest BCUT2D eigenvalue weighted by atomic mass is 9.79. The standard InChI is InChI=1S/C9H11FO7/c1-2-3-8(10,6(13)14)9(17,7(15)16)4-5(11)12/h2,17H,1,3-4H2,(H,11,12)(H,13,14)(H,15,16). The highest BCUT2D eigenvalue weighted by molar-refractivity contribution is 5.94. The van der Waals surface area contributed by atoms with Crippen LogP contribution in [0.5, 0.6) is 0 Å². The monoisotopic (exact) mass is 250 g/mol. The Morgan fingerprint density at radius 2 is 1.65 bits per heavy atom. The number of carbonyl (C=O) groups is 3. The minimum atomic E-state index is -3.67. The number of aliphatic carboxylic acids is 3. The molecule has 0 aromatic heterocycles. The van der Waals surface area contributed by atoms with Crippen LogP contribution < -0.4 is 0 Å². The van der Waals surface area contributed by atoms with Gasteiger partial charge >= 0.3 is 17.9 Å². The van der Waals surface area contributed by atoms with Crippen LogP contribution in [0.3, 0.4) is 0 Å². The van der Waals surface area contributed by atoms with Gasteiger partial charge in [0.15, 0.2) is 0 Å². The van der Waals surface area contributed by atoms with E-state index in [1.807, 2.05) is 0 Å². The SMILES string of the molecule is C=CCC(F)(C(=O)O)C(O)(CC(=O)O)C(=O)O. The van der Waals surface area contributed by atoms with Crippen molar-refractivity contribution in [3.63, 3.8) is 0 Å². The highest BCUT2D eigenvalue weighted by atomic mass is 19.1. The summed E-state index contributed by atoms with van der Waals surface area (Å²) in [6.07, 6.45) is -1.89. The van der Waals surface area contributed by atoms with E-state index in [-0.39, 0.29) is 0 Å². The van der Waals surface area contributed by atoms with Gasteiger partial charge in [-0.1, -0.05) is 6.08 Å². The minimum absolute atomic E-state index is 0.740. The van der Waals surface area contributed by atoms with Gasteiger partial charge in [-0.2, -0.15) is 0 Å². The first kappa shape index (κ1) is 15.0. The van der Waals surface area contributed by atoms with Crippen molar-refractivity contribution in [2.45, 2.75) is 24.1 Å². The number of aliphatic hydroxyl groups is 1. The van der Waals surface area contributed by atoms with E-state index in [2.05, 4.69) is 6.58 Å². The number of alkyl halides is 1. The van der Waals surface area contributed by atoms with E-state index in [4.69, 9.17) is 15.3 Å². The topological polar surface area (TPSA) is 132 Å². The molecule has 0 aromatic rings. The fourth-order valence-electron chi connectivity index (χ4n) is 1.24. The molecular formula is C9H11FO7. The maximum Gasteiger partial charge on any atom is 0.345 e. The smallest absolute Gasteiger partial charge is 0.345 e. The zero-order valence-corrected chi connectivity index (χ0v) is 8.59. The molecule has 0 aromatic carbocycles. The average molecular weight is 250 g/mol. The second-order valence-corrected chi connectivity index (χ2v) is 3.34. The Labute approximate surface area is 94.8 Å². The molecule has 17 heavy (non-hydrogen) atoms. The molecule has 0 bridgehead atoms. The van der Waals surface area contributed by atoms with Crippen LogP contribution in [0.25, 0.3) is 0 Å². The number of carboxylic acids is 3. The van der Waals surface area contributed by atoms with E-state index < -0.39 is 42.0 Å². The molecule has 0 saturated heterocycles. The summed E-state index contributed by atoms with van der Waals surface area (Å²) >= 11 is 0. The molecular weight excluding hydrogens is 239 g/mol. The zero-order chi connectivity index (χ0) is 13.9. The molecule has 0 aliphatic rings. The van der Waals surface area contributed by atoms with Crippen LogP contribution in [0.1, 0.15) is 12.8 Å². The summed E-state index contributed by atoms with van der Waals surface area (Å²) in [5.41, 5.74) is -7.24. The number of hydrogen-bond donors (Lipinski definition) is 4. The molecule has 2 atom stereocenters. The molecule has 4 N–H and O–H groups in total. The third-order valence-electron chi connectivity index (χ3n) is 2.18. The molecule has 96 valence electrons. The summed E-state index contributed by atoms with van der Waals surface area (Å²) in [6.45, 7) is 3.03. The average Bonchev–Trinajstić information content (AvgIpc) is 2.15. The summed E-state index contributed by atoms with van der Waals surface area (Å²) in [5, 5.41) is 35.2. The van der Waals surface area contributed by atoms with Gasteiger partial charge in [0.2, 0.25) is 11.3 Å². The first-order valence-corrected chi connectivity index (χ1v) is 4.32. The summed E-state index contributed by atoms with van der Waals surface area (Å²) in [6, 6.07) is 0. The molecule has 2 unspecified atom stereocenters. The van der Waals surface area contributed by atoms with Gasteiger partial charge in [0.05, 0.1) is 6.42 Å². The predicted molar refractivity (Wildman–Crippen MR) is 51.1 cm³/mol. The van der Waals surface area contributed by atoms with Gasteiger partial charge in [0, 0.05) is 6.42 Å². The van der Waals surface area contributed by atoms with E-state index in [9.17, 15) is 23.9 Å². The fourth-order valence-corrected chi connectivity index (χ4v) is 1.24. The van der Waals surface area contributed by atoms with Gasteiger partial charge in [-0.05, 0) is 0 Å². The van der Waals surface area contributed by atoms with Gasteiger partial charge in [0.1, 0.15) is 0 Å². The number of carboxylic acid groups (broad SMARTS) is 3. The highest BCUT2D eigenvalue weighted by Gasteiger charge is 2.62. The molecule has 0 saturated carbocycles. The van der Waals surface area contributed by atoms with E-state index in [0.717, 1.165) is 6.08 Å². The summed E-state index contributed by atoms with van der Waals surface area (Å²) < 4.78 is 14.0. The highest BCUT2D eigenvalue weighted by Crippen LogP contribution is 2.34. The van der Waals surface area contributed by atoms with E-state index in [1.165, 1.54) is 0 Å². The molecule has 0 aliphatic carbocycles. The molecule has 0 fully saturated rings. The summed E-state index contributed by atoms with van der Waals surface area (Å²) in [7, 11) is 0. The van der Waals surface area contributed by atoms with Crippen molar-refractivity contribution in [2.24, 2.45) is 0 Å². The van der Waals surface area contributed by atoms with Crippen molar-refractivity contribution in [1.82, 2.24) is 0 Å². The Balaban J connectivity index is 5.69. The molecule has 0 aliphatic heterocycles. The Bertz CT molecular complexity index is 366. The maximum atomic E-state index is 14.0. The van der Waals surface area contributed by atoms with Gasteiger partial charge in [0.25, 0.3) is 0 Å². The Morgan fingerprint density at radius 1 is 1.18 bits per heavy atom. The summed E-state index contributed by atoms with van der Waals surface area (Å²) in [5.74, 6) is -6.39. The summed E-state index contributed by atoms with van der Waals surface area (Å²) in [4.78, 5) is 31.8. The van der Waals surface area contributed by atoms with Crippen molar-refractivity contribution in [3.8, 4) is 0 Å². The quantitative estimate of drug-likeness (QED) is 0.454. The minimum Gasteiger partial charge on any atom is -0.481 e. The van der Waals surface area contributed by atoms with Crippen LogP contribution in [-0.4, -0.2) is 49.6 Å². The van der Waals surface area contributed by atoms with Crippen LogP contribution in [-0.2, 0) is 14.4 Å². The van der Waals surface area contributed by atoms with E-state index in [0.29, 0.717) is 0 Å². The van der Waals surface area contributed by atoms with Gasteiger partial charge in [-0.15, -0.1) is 6.58 Å². The second-order valence-electron chi connectivity index (χ2n) is 3.34. The number of allylic oxidation sites excluding steroid dienone is 1. The van der Waals surface area contributed by atoms with E-state index in [1.54, 1.807) is 0 Å². The van der Waals surface area contributed by atoms with Crippen molar-refractivity contribution in [2.75, 3.05) is 0 Å². The van der Waals surface area contributed by atoms with E-state index >= 15 is 0 Å². The van der Waals surface area contributed by atoms with Crippen molar-refractivity contribution in [3.05, 3.63) is 12.7 Å². The Morgan fingerprint density at radius 3 is 1.88 bits per heavy atom. The lowest BCUT2D eigenvalue weighted by molar-refractivity contribution is -0.196. The molecule has 0 spiro atoms. The fraction of sp³-hybridized carbons (Fsp3) is 0.444. The first-order chi connectivity index (χ1) is 7.61. The Hall–Kier alpha value is -1.96. The largest absolute Gasteiger partial charge is 0.481 e. The third kappa shape index (κ3) is 2.59. The molecule has 0 radical (unpaired) electrons. The third-order valence-corrected chi connectivity index (χ3v) is 2.18. The molecule has 8 heteroatoms. The lowest BCUT2D eigenvalue weighted by Crippen LogP contribution is -2.61. The molecule has 7 nitrogen and oxygen atoms in total. The van der Waals surface area contributed by atoms with Crippen LogP contribution in [0.15, 0.2) is 12.7 Å². The predicted octanol–water partition coefficient (Wildman–Crippen LogP) is -0.354. The van der Waals surface area contributed by atoms with Gasteiger partial charge in [-0.3, -0.25) is 4.79 Å². The van der Waals surface area contributed by atoms with Crippen LogP contribution in [0.2, 0.25) is 0 Å². The number of hydrogen-bond acceptors (Lipinski definition) is 4. The Kier molecular flexibility index (Phi) is 4.35. The van der Waals surface area contributed by atoms with Crippen LogP contribution in [0.4, 0.5) is 4.39 Å². The first-order valence-electron chi connectivity index (χ1n) is 4.32. The lowest BCUT2D eigenvalue weighted by Gasteiger charge is -2.33. The van der Waals surface area contributed by atoms with Gasteiger partial charge < -0.3 is 20.4 Å². The zero-order valence-electron chi connectivity index (χ0n) is 8.59. The van der Waals surface area contributed by atoms with Crippen molar-refractivity contribution in [1.29, 1.82) is 0 Å². The van der Waals surface area contributed by atoms with Crippen LogP contribution in [0, 0.1) is 0 Å². The maximum absolute atomic E-state index is 14.0. The normalized spacial score (nSPS) is 17.5. The number of halogens is 1. The molecule has 0 heterocycles. The van der Waals surface area contributed by atoms with Crippen LogP contribution >= 0.6 is 0 Å². The number of rotatable bonds is 7. The van der Waals surface area contributed by atoms with Crippen molar-refractivity contribution < 1.29 is 39.2 Å². The van der Waals surface area contributed by atoms with Gasteiger partial charge in [-0.25, -0.2) is 14.0 Å². The second kappa shape index (κ2) is 4.91. The van der Waals surface area contributed by atoms with Crippen molar-refractivity contribution >= 4 is 17.9 Å². The molecule has 0 amide bonds. The molecule has 0 rings (SSSR count).